The van der Waals surface area contributed by atoms with E-state index >= 15 is 0 Å². The van der Waals surface area contributed by atoms with Crippen LogP contribution in [0.1, 0.15) is 5.56 Å². The number of thioether (sulfide) groups is 1. The van der Waals surface area contributed by atoms with E-state index in [9.17, 15) is 10.1 Å². The zero-order valence-electron chi connectivity index (χ0n) is 11.0. The maximum atomic E-state index is 10.9. The highest BCUT2D eigenvalue weighted by Crippen LogP contribution is 2.38. The van der Waals surface area contributed by atoms with Crippen LogP contribution >= 0.6 is 27.7 Å². The summed E-state index contributed by atoms with van der Waals surface area (Å²) in [6, 6.07) is 13.1. The Labute approximate surface area is 134 Å². The first kappa shape index (κ1) is 14.4. The molecular formula is C15H12BrNO3S. The molecule has 4 nitrogen and oxygen atoms in total. The van der Waals surface area contributed by atoms with Crippen LogP contribution in [0.4, 0.5) is 5.69 Å². The highest BCUT2D eigenvalue weighted by Gasteiger charge is 2.23. The summed E-state index contributed by atoms with van der Waals surface area (Å²) >= 11 is 5.04. The second kappa shape index (κ2) is 6.07. The summed E-state index contributed by atoms with van der Waals surface area (Å²) in [7, 11) is 0. The number of nitro benzene ring substituents is 1. The number of halogens is 1. The molecule has 21 heavy (non-hydrogen) atoms. The molecule has 0 fully saturated rings. The normalized spacial score (nSPS) is 16.5. The van der Waals surface area contributed by atoms with Crippen LogP contribution in [0.15, 0.2) is 51.8 Å². The lowest BCUT2D eigenvalue weighted by Crippen LogP contribution is -2.13. The molecule has 0 saturated carbocycles. The van der Waals surface area contributed by atoms with Gasteiger partial charge in [0.15, 0.2) is 0 Å². The third kappa shape index (κ3) is 3.06. The molecule has 0 saturated heterocycles. The van der Waals surface area contributed by atoms with Crippen LogP contribution < -0.4 is 4.74 Å². The summed E-state index contributed by atoms with van der Waals surface area (Å²) in [5, 5.41) is 11.2. The quantitative estimate of drug-likeness (QED) is 0.593. The average molecular weight is 366 g/mol. The topological polar surface area (TPSA) is 52.4 Å². The summed E-state index contributed by atoms with van der Waals surface area (Å²) in [5.74, 6) is 0.515. The van der Waals surface area contributed by atoms with E-state index < -0.39 is 4.92 Å². The van der Waals surface area contributed by atoms with Gasteiger partial charge in [-0.1, -0.05) is 24.3 Å². The second-order valence-electron chi connectivity index (χ2n) is 4.71. The van der Waals surface area contributed by atoms with Crippen molar-refractivity contribution in [2.75, 3.05) is 6.61 Å². The van der Waals surface area contributed by atoms with Gasteiger partial charge in [-0.3, -0.25) is 10.1 Å². The van der Waals surface area contributed by atoms with Gasteiger partial charge < -0.3 is 4.74 Å². The van der Waals surface area contributed by atoms with Crippen LogP contribution in [0.5, 0.6) is 5.75 Å². The molecule has 2 aromatic rings. The molecule has 1 atom stereocenters. The van der Waals surface area contributed by atoms with Crippen LogP contribution in [0.2, 0.25) is 0 Å². The molecule has 1 aliphatic rings. The van der Waals surface area contributed by atoms with E-state index in [0.29, 0.717) is 22.1 Å². The van der Waals surface area contributed by atoms with Crippen LogP contribution in [0.3, 0.4) is 0 Å². The van der Waals surface area contributed by atoms with Crippen molar-refractivity contribution in [3.05, 3.63) is 62.6 Å². The molecule has 0 radical (unpaired) electrons. The molecule has 3 rings (SSSR count). The number of hydrogen-bond acceptors (Lipinski definition) is 4. The smallest absolute Gasteiger partial charge is 0.287 e. The molecule has 2 aromatic carbocycles. The van der Waals surface area contributed by atoms with Gasteiger partial charge in [-0.25, -0.2) is 0 Å². The SMILES string of the molecule is O=[N+]([O-])c1cccc(OCC2Cc3ccccc3S2)c1Br. The van der Waals surface area contributed by atoms with Crippen molar-refractivity contribution < 1.29 is 9.66 Å². The fourth-order valence-electron chi connectivity index (χ4n) is 2.28. The molecule has 0 aromatic heterocycles. The van der Waals surface area contributed by atoms with Crippen molar-refractivity contribution in [1.29, 1.82) is 0 Å². The Morgan fingerprint density at radius 3 is 2.86 bits per heavy atom. The van der Waals surface area contributed by atoms with Crippen LogP contribution in [0, 0.1) is 10.1 Å². The van der Waals surface area contributed by atoms with Gasteiger partial charge in [-0.05, 0) is 40.0 Å². The molecule has 1 heterocycles. The second-order valence-corrected chi connectivity index (χ2v) is 6.84. The molecule has 108 valence electrons. The number of fused-ring (bicyclic) bond motifs is 1. The first-order valence-electron chi connectivity index (χ1n) is 6.45. The lowest BCUT2D eigenvalue weighted by molar-refractivity contribution is -0.385. The Kier molecular flexibility index (Phi) is 4.17. The Bertz CT molecular complexity index is 667. The van der Waals surface area contributed by atoms with Crippen LogP contribution in [0.25, 0.3) is 0 Å². The van der Waals surface area contributed by atoms with Crippen molar-refractivity contribution in [2.45, 2.75) is 16.6 Å². The van der Waals surface area contributed by atoms with Crippen molar-refractivity contribution in [2.24, 2.45) is 0 Å². The minimum Gasteiger partial charge on any atom is -0.491 e. The maximum Gasteiger partial charge on any atom is 0.287 e. The zero-order chi connectivity index (χ0) is 14.8. The van der Waals surface area contributed by atoms with Crippen molar-refractivity contribution in [1.82, 2.24) is 0 Å². The molecule has 1 aliphatic heterocycles. The molecule has 0 amide bonds. The lowest BCUT2D eigenvalue weighted by Gasteiger charge is -2.12. The monoisotopic (exact) mass is 365 g/mol. The summed E-state index contributed by atoms with van der Waals surface area (Å²) in [4.78, 5) is 11.8. The number of ether oxygens (including phenoxy) is 1. The zero-order valence-corrected chi connectivity index (χ0v) is 13.4. The predicted octanol–water partition coefficient (Wildman–Crippen LogP) is 4.45. The van der Waals surface area contributed by atoms with Gasteiger partial charge in [0, 0.05) is 16.2 Å². The number of rotatable bonds is 4. The number of nitrogens with zero attached hydrogens (tertiary/aromatic N) is 1. The predicted molar refractivity (Wildman–Crippen MR) is 86.1 cm³/mol. The Morgan fingerprint density at radius 1 is 1.29 bits per heavy atom. The van der Waals surface area contributed by atoms with E-state index in [-0.39, 0.29) is 5.69 Å². The summed E-state index contributed by atoms with van der Waals surface area (Å²) < 4.78 is 6.17. The third-order valence-corrected chi connectivity index (χ3v) is 5.36. The molecule has 0 bridgehead atoms. The first-order chi connectivity index (χ1) is 10.1. The van der Waals surface area contributed by atoms with E-state index in [1.807, 2.05) is 12.1 Å². The van der Waals surface area contributed by atoms with Crippen molar-refractivity contribution >= 4 is 33.4 Å². The highest BCUT2D eigenvalue weighted by atomic mass is 79.9. The van der Waals surface area contributed by atoms with E-state index in [1.165, 1.54) is 16.5 Å². The number of benzene rings is 2. The van der Waals surface area contributed by atoms with Gasteiger partial charge >= 0.3 is 0 Å². The first-order valence-corrected chi connectivity index (χ1v) is 8.12. The van der Waals surface area contributed by atoms with E-state index in [1.54, 1.807) is 23.9 Å². The molecule has 0 aliphatic carbocycles. The fraction of sp³-hybridized carbons (Fsp3) is 0.200. The van der Waals surface area contributed by atoms with Crippen molar-refractivity contribution in [3.63, 3.8) is 0 Å². The Hall–Kier alpha value is -1.53. The molecule has 6 heteroatoms. The highest BCUT2D eigenvalue weighted by molar-refractivity contribution is 9.10. The average Bonchev–Trinajstić information content (AvgIpc) is 2.88. The number of nitro groups is 1. The maximum absolute atomic E-state index is 10.9. The third-order valence-electron chi connectivity index (χ3n) is 3.28. The molecule has 0 spiro atoms. The summed E-state index contributed by atoms with van der Waals surface area (Å²) in [5.41, 5.74) is 1.36. The van der Waals surface area contributed by atoms with Gasteiger partial charge in [0.1, 0.15) is 16.8 Å². The minimum atomic E-state index is -0.420. The standard InChI is InChI=1S/C15H12BrNO3S/c16-15-12(17(18)19)5-3-6-13(15)20-9-11-8-10-4-1-2-7-14(10)21-11/h1-7,11H,8-9H2. The van der Waals surface area contributed by atoms with Gasteiger partial charge in [0.25, 0.3) is 5.69 Å². The minimum absolute atomic E-state index is 0.0230. The summed E-state index contributed by atoms with van der Waals surface area (Å²) in [6.45, 7) is 0.527. The van der Waals surface area contributed by atoms with Crippen molar-refractivity contribution in [3.8, 4) is 5.75 Å². The number of hydrogen-bond donors (Lipinski definition) is 0. The van der Waals surface area contributed by atoms with Gasteiger partial charge in [0.2, 0.25) is 0 Å². The van der Waals surface area contributed by atoms with Crippen LogP contribution in [-0.4, -0.2) is 16.8 Å². The Morgan fingerprint density at radius 2 is 2.10 bits per heavy atom. The van der Waals surface area contributed by atoms with Gasteiger partial charge in [-0.2, -0.15) is 0 Å². The van der Waals surface area contributed by atoms with Crippen LogP contribution in [-0.2, 0) is 6.42 Å². The fourth-order valence-corrected chi connectivity index (χ4v) is 4.02. The molecular weight excluding hydrogens is 354 g/mol. The van der Waals surface area contributed by atoms with E-state index in [0.717, 1.165) is 6.42 Å². The van der Waals surface area contributed by atoms with Gasteiger partial charge in [-0.15, -0.1) is 11.8 Å². The van der Waals surface area contributed by atoms with Gasteiger partial charge in [0.05, 0.1) is 4.92 Å². The lowest BCUT2D eigenvalue weighted by atomic mass is 10.1. The molecule has 1 unspecified atom stereocenters. The Balaban J connectivity index is 1.67. The van der Waals surface area contributed by atoms with E-state index in [4.69, 9.17) is 4.74 Å². The molecule has 0 N–H and O–H groups in total. The summed E-state index contributed by atoms with van der Waals surface area (Å²) in [6.07, 6.45) is 0.966. The largest absolute Gasteiger partial charge is 0.491 e. The van der Waals surface area contributed by atoms with E-state index in [2.05, 4.69) is 28.1 Å².